The Hall–Kier alpha value is -3.88. The molecule has 4 N–H and O–H groups in total. The van der Waals surface area contributed by atoms with E-state index in [1.807, 2.05) is 43.3 Å². The van der Waals surface area contributed by atoms with Crippen molar-refractivity contribution in [3.63, 3.8) is 0 Å². The molecule has 154 valence electrons. The van der Waals surface area contributed by atoms with E-state index in [9.17, 15) is 4.79 Å². The fourth-order valence-corrected chi connectivity index (χ4v) is 3.44. The van der Waals surface area contributed by atoms with Gasteiger partial charge in [0.2, 0.25) is 0 Å². The molecule has 3 heterocycles. The number of nitrogen functional groups attached to an aromatic ring is 1. The minimum Gasteiger partial charge on any atom is -0.393 e. The third-order valence-corrected chi connectivity index (χ3v) is 5.10. The number of benzene rings is 1. The van der Waals surface area contributed by atoms with Crippen LogP contribution in [0.25, 0.3) is 0 Å². The number of carbonyl (C=O) groups is 1. The first kappa shape index (κ1) is 19.4. The Labute approximate surface area is 174 Å². The van der Waals surface area contributed by atoms with E-state index in [0.717, 1.165) is 37.6 Å². The smallest absolute Gasteiger partial charge is 0.269 e. The van der Waals surface area contributed by atoms with Crippen molar-refractivity contribution in [2.75, 3.05) is 47.1 Å². The molecular formula is C21H24N8O. The Morgan fingerprint density at radius 2 is 1.70 bits per heavy atom. The van der Waals surface area contributed by atoms with Gasteiger partial charge >= 0.3 is 0 Å². The minimum atomic E-state index is -0.253. The summed E-state index contributed by atoms with van der Waals surface area (Å²) in [6, 6.07) is 13.3. The molecule has 2 aromatic heterocycles. The zero-order valence-electron chi connectivity index (χ0n) is 16.7. The number of hydrogen-bond acceptors (Lipinski definition) is 8. The summed E-state index contributed by atoms with van der Waals surface area (Å²) in [6.45, 7) is 5.02. The Kier molecular flexibility index (Phi) is 5.60. The lowest BCUT2D eigenvalue weighted by molar-refractivity contribution is 0.0962. The van der Waals surface area contributed by atoms with Crippen LogP contribution < -0.4 is 26.4 Å². The minimum absolute atomic E-state index is 0.253. The van der Waals surface area contributed by atoms with Crippen LogP contribution in [-0.2, 0) is 0 Å². The van der Waals surface area contributed by atoms with Gasteiger partial charge in [-0.25, -0.2) is 15.0 Å². The Morgan fingerprint density at radius 1 is 0.967 bits per heavy atom. The highest BCUT2D eigenvalue weighted by Crippen LogP contribution is 2.27. The molecule has 1 aliphatic rings. The van der Waals surface area contributed by atoms with E-state index < -0.39 is 0 Å². The van der Waals surface area contributed by atoms with Gasteiger partial charge in [0.1, 0.15) is 17.8 Å². The topological polar surface area (TPSA) is 112 Å². The molecule has 1 saturated heterocycles. The summed E-state index contributed by atoms with van der Waals surface area (Å²) < 4.78 is 0. The van der Waals surface area contributed by atoms with Crippen LogP contribution in [0.15, 0.2) is 55.0 Å². The van der Waals surface area contributed by atoms with Crippen LogP contribution in [0.4, 0.5) is 23.1 Å². The number of carbonyl (C=O) groups excluding carboxylic acids is 1. The first-order valence-electron chi connectivity index (χ1n) is 9.77. The molecule has 0 radical (unpaired) electrons. The normalized spacial score (nSPS) is 13.8. The maximum absolute atomic E-state index is 12.4. The highest BCUT2D eigenvalue weighted by molar-refractivity contribution is 5.96. The summed E-state index contributed by atoms with van der Waals surface area (Å²) in [5.74, 6) is 1.73. The quantitative estimate of drug-likeness (QED) is 0.552. The molecule has 0 atom stereocenters. The third kappa shape index (κ3) is 4.09. The van der Waals surface area contributed by atoms with Gasteiger partial charge in [0.25, 0.3) is 5.91 Å². The molecule has 0 bridgehead atoms. The van der Waals surface area contributed by atoms with Gasteiger partial charge in [-0.3, -0.25) is 15.6 Å². The van der Waals surface area contributed by atoms with Gasteiger partial charge in [0, 0.05) is 37.9 Å². The number of nitrogens with one attached hydrogen (secondary N) is 2. The average Bonchev–Trinajstić information content (AvgIpc) is 2.79. The fourth-order valence-electron chi connectivity index (χ4n) is 3.44. The second kappa shape index (κ2) is 8.64. The standard InChI is InChI=1S/C21H24N8O/c1-15-6-2-3-7-16(15)21(30)27-26-19-18(22)20(25-14-24-19)29-12-10-28(11-13-29)17-8-4-5-9-23-17/h2-9,14H,10-13,22H2,1H3,(H,27,30)(H,24,25,26). The molecule has 0 unspecified atom stereocenters. The number of amides is 1. The van der Waals surface area contributed by atoms with Crippen molar-refractivity contribution < 1.29 is 4.79 Å². The van der Waals surface area contributed by atoms with E-state index in [1.165, 1.54) is 6.33 Å². The number of hydrogen-bond donors (Lipinski definition) is 3. The second-order valence-electron chi connectivity index (χ2n) is 7.02. The van der Waals surface area contributed by atoms with Crippen LogP contribution in [-0.4, -0.2) is 47.0 Å². The van der Waals surface area contributed by atoms with Gasteiger partial charge in [-0.05, 0) is 30.7 Å². The maximum Gasteiger partial charge on any atom is 0.269 e. The monoisotopic (exact) mass is 404 g/mol. The van der Waals surface area contributed by atoms with Crippen LogP contribution in [0.1, 0.15) is 15.9 Å². The van der Waals surface area contributed by atoms with Crippen LogP contribution in [0.5, 0.6) is 0 Å². The molecule has 30 heavy (non-hydrogen) atoms. The molecule has 9 nitrogen and oxygen atoms in total. The largest absolute Gasteiger partial charge is 0.393 e. The van der Waals surface area contributed by atoms with Crippen LogP contribution in [0, 0.1) is 6.92 Å². The van der Waals surface area contributed by atoms with Gasteiger partial charge in [-0.2, -0.15) is 0 Å². The highest BCUT2D eigenvalue weighted by Gasteiger charge is 2.22. The summed E-state index contributed by atoms with van der Waals surface area (Å²) in [7, 11) is 0. The van der Waals surface area contributed by atoms with Crippen molar-refractivity contribution >= 4 is 29.0 Å². The van der Waals surface area contributed by atoms with Crippen molar-refractivity contribution in [2.45, 2.75) is 6.92 Å². The van der Waals surface area contributed by atoms with Crippen LogP contribution in [0.2, 0.25) is 0 Å². The fraction of sp³-hybridized carbons (Fsp3) is 0.238. The zero-order chi connectivity index (χ0) is 20.9. The molecule has 1 aromatic carbocycles. The van der Waals surface area contributed by atoms with Gasteiger partial charge in [-0.15, -0.1) is 0 Å². The lowest BCUT2D eigenvalue weighted by Crippen LogP contribution is -2.47. The lowest BCUT2D eigenvalue weighted by Gasteiger charge is -2.36. The third-order valence-electron chi connectivity index (χ3n) is 5.10. The molecule has 1 fully saturated rings. The second-order valence-corrected chi connectivity index (χ2v) is 7.02. The molecule has 0 aliphatic carbocycles. The van der Waals surface area contributed by atoms with Crippen molar-refractivity contribution in [1.29, 1.82) is 0 Å². The lowest BCUT2D eigenvalue weighted by atomic mass is 10.1. The first-order chi connectivity index (χ1) is 14.6. The van der Waals surface area contributed by atoms with Gasteiger partial charge in [-0.1, -0.05) is 24.3 Å². The van der Waals surface area contributed by atoms with Crippen molar-refractivity contribution in [2.24, 2.45) is 0 Å². The number of nitrogens with two attached hydrogens (primary N) is 1. The van der Waals surface area contributed by atoms with Crippen molar-refractivity contribution in [3.05, 3.63) is 66.1 Å². The van der Waals surface area contributed by atoms with Crippen molar-refractivity contribution in [3.8, 4) is 0 Å². The number of anilines is 4. The highest BCUT2D eigenvalue weighted by atomic mass is 16.2. The average molecular weight is 404 g/mol. The summed E-state index contributed by atoms with van der Waals surface area (Å²) in [5.41, 5.74) is 13.7. The van der Waals surface area contributed by atoms with E-state index in [2.05, 4.69) is 35.6 Å². The molecule has 3 aromatic rings. The number of aryl methyl sites for hydroxylation is 1. The van der Waals surface area contributed by atoms with Crippen LogP contribution >= 0.6 is 0 Å². The van der Waals surface area contributed by atoms with E-state index >= 15 is 0 Å². The predicted molar refractivity (Wildman–Crippen MR) is 117 cm³/mol. The number of hydrazine groups is 1. The summed E-state index contributed by atoms with van der Waals surface area (Å²) >= 11 is 0. The number of nitrogens with zero attached hydrogens (tertiary/aromatic N) is 5. The molecule has 0 saturated carbocycles. The molecule has 0 spiro atoms. The summed E-state index contributed by atoms with van der Waals surface area (Å²) in [6.07, 6.45) is 3.24. The van der Waals surface area contributed by atoms with Gasteiger partial charge in [0.15, 0.2) is 11.6 Å². The van der Waals surface area contributed by atoms with E-state index in [0.29, 0.717) is 22.9 Å². The van der Waals surface area contributed by atoms with E-state index in [4.69, 9.17) is 5.73 Å². The molecular weight excluding hydrogens is 380 g/mol. The number of aromatic nitrogens is 3. The predicted octanol–water partition coefficient (Wildman–Crippen LogP) is 1.85. The Balaban J connectivity index is 1.41. The molecule has 4 rings (SSSR count). The van der Waals surface area contributed by atoms with E-state index in [1.54, 1.807) is 12.3 Å². The molecule has 1 amide bonds. The number of rotatable bonds is 5. The van der Waals surface area contributed by atoms with Crippen LogP contribution in [0.3, 0.4) is 0 Å². The van der Waals surface area contributed by atoms with Gasteiger partial charge < -0.3 is 15.5 Å². The first-order valence-corrected chi connectivity index (χ1v) is 9.77. The Bertz CT molecular complexity index is 1020. The van der Waals surface area contributed by atoms with Crippen molar-refractivity contribution in [1.82, 2.24) is 20.4 Å². The molecule has 1 aliphatic heterocycles. The Morgan fingerprint density at radius 3 is 2.43 bits per heavy atom. The summed E-state index contributed by atoms with van der Waals surface area (Å²) in [5, 5.41) is 0. The summed E-state index contributed by atoms with van der Waals surface area (Å²) in [4.78, 5) is 29.7. The number of piperazine rings is 1. The number of pyridine rings is 1. The molecule has 9 heteroatoms. The SMILES string of the molecule is Cc1ccccc1C(=O)NNc1ncnc(N2CCN(c3ccccn3)CC2)c1N. The van der Waals surface area contributed by atoms with Gasteiger partial charge in [0.05, 0.1) is 0 Å². The zero-order valence-corrected chi connectivity index (χ0v) is 16.7. The van der Waals surface area contributed by atoms with E-state index in [-0.39, 0.29) is 5.91 Å². The maximum atomic E-state index is 12.4.